The lowest BCUT2D eigenvalue weighted by molar-refractivity contribution is 0.0908. The Hall–Kier alpha value is -2.41. The van der Waals surface area contributed by atoms with E-state index in [1.165, 1.54) is 18.6 Å². The zero-order chi connectivity index (χ0) is 16.1. The predicted octanol–water partition coefficient (Wildman–Crippen LogP) is 1.32. The molecule has 1 saturated heterocycles. The number of piperidine rings is 1. The van der Waals surface area contributed by atoms with E-state index in [1.54, 1.807) is 6.26 Å². The summed E-state index contributed by atoms with van der Waals surface area (Å²) in [4.78, 5) is 25.5. The van der Waals surface area contributed by atoms with Crippen molar-refractivity contribution in [1.29, 1.82) is 0 Å². The molecule has 0 aromatic carbocycles. The molecule has 0 radical (unpaired) electrons. The molecule has 1 unspecified atom stereocenters. The van der Waals surface area contributed by atoms with Crippen molar-refractivity contribution in [2.75, 3.05) is 19.6 Å². The van der Waals surface area contributed by atoms with Crippen LogP contribution in [0.1, 0.15) is 41.6 Å². The molecule has 0 saturated carbocycles. The third-order valence-electron chi connectivity index (χ3n) is 4.07. The van der Waals surface area contributed by atoms with Gasteiger partial charge in [-0.25, -0.2) is 5.10 Å². The molecule has 23 heavy (non-hydrogen) atoms. The van der Waals surface area contributed by atoms with Gasteiger partial charge < -0.3 is 9.73 Å². The van der Waals surface area contributed by atoms with Crippen LogP contribution in [0.25, 0.3) is 0 Å². The Morgan fingerprint density at radius 3 is 2.78 bits per heavy atom. The molecule has 2 aromatic rings. The average molecular weight is 316 g/mol. The highest BCUT2D eigenvalue weighted by atomic mass is 16.3. The fourth-order valence-corrected chi connectivity index (χ4v) is 2.87. The van der Waals surface area contributed by atoms with E-state index in [0.717, 1.165) is 31.7 Å². The largest absolute Gasteiger partial charge is 0.468 e. The standard InChI is InChI=1S/C16H20N4O3/c21-15-7-6-12(18-19-15)16(22)17-11-13(14-5-4-10-23-14)20-8-2-1-3-9-20/h4-7,10,13H,1-3,8-9,11H2,(H,17,22)(H,19,21). The van der Waals surface area contributed by atoms with E-state index < -0.39 is 0 Å². The van der Waals surface area contributed by atoms with Crippen LogP contribution in [0.5, 0.6) is 0 Å². The van der Waals surface area contributed by atoms with Gasteiger partial charge in [-0.2, -0.15) is 5.10 Å². The van der Waals surface area contributed by atoms with Gasteiger partial charge in [0.1, 0.15) is 11.5 Å². The van der Waals surface area contributed by atoms with Gasteiger partial charge in [-0.3, -0.25) is 14.5 Å². The SMILES string of the molecule is O=C(NCC(c1ccco1)N1CCCCC1)c1ccc(=O)[nH]n1. The normalized spacial score (nSPS) is 16.9. The van der Waals surface area contributed by atoms with Crippen LogP contribution in [-0.4, -0.2) is 40.6 Å². The minimum Gasteiger partial charge on any atom is -0.468 e. The van der Waals surface area contributed by atoms with E-state index in [0.29, 0.717) is 6.54 Å². The molecule has 122 valence electrons. The van der Waals surface area contributed by atoms with Crippen LogP contribution in [-0.2, 0) is 0 Å². The quantitative estimate of drug-likeness (QED) is 0.868. The summed E-state index contributed by atoms with van der Waals surface area (Å²) in [7, 11) is 0. The molecule has 0 bridgehead atoms. The third kappa shape index (κ3) is 3.87. The highest BCUT2D eigenvalue weighted by Crippen LogP contribution is 2.24. The second-order valence-corrected chi connectivity index (χ2v) is 5.64. The Bertz CT molecular complexity index is 669. The van der Waals surface area contributed by atoms with Crippen molar-refractivity contribution in [3.63, 3.8) is 0 Å². The second kappa shape index (κ2) is 7.23. The number of carbonyl (C=O) groups is 1. The molecule has 1 aliphatic rings. The highest BCUT2D eigenvalue weighted by molar-refractivity contribution is 5.91. The van der Waals surface area contributed by atoms with Gasteiger partial charge in [0, 0.05) is 12.6 Å². The number of furan rings is 1. The van der Waals surface area contributed by atoms with Gasteiger partial charge in [0.05, 0.1) is 12.3 Å². The summed E-state index contributed by atoms with van der Waals surface area (Å²) in [6, 6.07) is 6.51. The van der Waals surface area contributed by atoms with Crippen LogP contribution >= 0.6 is 0 Å². The molecule has 7 nitrogen and oxygen atoms in total. The maximum absolute atomic E-state index is 12.2. The average Bonchev–Trinajstić information content (AvgIpc) is 3.11. The van der Waals surface area contributed by atoms with Crippen molar-refractivity contribution in [3.05, 3.63) is 52.3 Å². The number of carbonyl (C=O) groups excluding carboxylic acids is 1. The molecule has 0 spiro atoms. The molecular formula is C16H20N4O3. The monoisotopic (exact) mass is 316 g/mol. The van der Waals surface area contributed by atoms with E-state index in [1.807, 2.05) is 12.1 Å². The van der Waals surface area contributed by atoms with Crippen LogP contribution < -0.4 is 10.9 Å². The fraction of sp³-hybridized carbons (Fsp3) is 0.438. The van der Waals surface area contributed by atoms with Crippen LogP contribution in [0.2, 0.25) is 0 Å². The predicted molar refractivity (Wildman–Crippen MR) is 84.1 cm³/mol. The van der Waals surface area contributed by atoms with E-state index in [-0.39, 0.29) is 23.2 Å². The van der Waals surface area contributed by atoms with Crippen LogP contribution in [0.3, 0.4) is 0 Å². The number of aromatic nitrogens is 2. The van der Waals surface area contributed by atoms with Crippen LogP contribution in [0.4, 0.5) is 0 Å². The summed E-state index contributed by atoms with van der Waals surface area (Å²) >= 11 is 0. The van der Waals surface area contributed by atoms with Crippen molar-refractivity contribution < 1.29 is 9.21 Å². The van der Waals surface area contributed by atoms with Gasteiger partial charge in [0.15, 0.2) is 0 Å². The lowest BCUT2D eigenvalue weighted by Crippen LogP contribution is -2.40. The Labute approximate surface area is 133 Å². The first-order chi connectivity index (χ1) is 11.2. The Balaban J connectivity index is 1.67. The Morgan fingerprint density at radius 1 is 1.30 bits per heavy atom. The van der Waals surface area contributed by atoms with E-state index >= 15 is 0 Å². The number of likely N-dealkylation sites (tertiary alicyclic amines) is 1. The van der Waals surface area contributed by atoms with Gasteiger partial charge in [-0.05, 0) is 44.1 Å². The topological polar surface area (TPSA) is 91.2 Å². The van der Waals surface area contributed by atoms with Crippen molar-refractivity contribution in [2.24, 2.45) is 0 Å². The number of hydrogen-bond acceptors (Lipinski definition) is 5. The van der Waals surface area contributed by atoms with Crippen LogP contribution in [0, 0.1) is 0 Å². The van der Waals surface area contributed by atoms with Crippen molar-refractivity contribution in [2.45, 2.75) is 25.3 Å². The minimum atomic E-state index is -0.330. The summed E-state index contributed by atoms with van der Waals surface area (Å²) in [6.07, 6.45) is 5.21. The van der Waals surface area contributed by atoms with Gasteiger partial charge in [-0.1, -0.05) is 6.42 Å². The van der Waals surface area contributed by atoms with E-state index in [4.69, 9.17) is 4.42 Å². The number of amides is 1. The molecule has 0 aliphatic carbocycles. The Morgan fingerprint density at radius 2 is 2.13 bits per heavy atom. The number of H-pyrrole nitrogens is 1. The maximum Gasteiger partial charge on any atom is 0.271 e. The number of hydrogen-bond donors (Lipinski definition) is 2. The Kier molecular flexibility index (Phi) is 4.87. The molecule has 1 fully saturated rings. The number of nitrogens with one attached hydrogen (secondary N) is 2. The molecule has 2 N–H and O–H groups in total. The molecule has 3 rings (SSSR count). The molecule has 7 heteroatoms. The van der Waals surface area contributed by atoms with Gasteiger partial charge >= 0.3 is 0 Å². The third-order valence-corrected chi connectivity index (χ3v) is 4.07. The second-order valence-electron chi connectivity index (χ2n) is 5.64. The zero-order valence-electron chi connectivity index (χ0n) is 12.8. The summed E-state index contributed by atoms with van der Waals surface area (Å²) < 4.78 is 5.55. The lowest BCUT2D eigenvalue weighted by atomic mass is 10.1. The van der Waals surface area contributed by atoms with Gasteiger partial charge in [-0.15, -0.1) is 0 Å². The number of rotatable bonds is 5. The van der Waals surface area contributed by atoms with Crippen molar-refractivity contribution in [1.82, 2.24) is 20.4 Å². The first-order valence-corrected chi connectivity index (χ1v) is 7.85. The highest BCUT2D eigenvalue weighted by Gasteiger charge is 2.25. The van der Waals surface area contributed by atoms with Crippen LogP contribution in [0.15, 0.2) is 39.7 Å². The molecule has 1 aliphatic heterocycles. The van der Waals surface area contributed by atoms with Gasteiger partial charge in [0.25, 0.3) is 11.5 Å². The van der Waals surface area contributed by atoms with E-state index in [9.17, 15) is 9.59 Å². The fourth-order valence-electron chi connectivity index (χ4n) is 2.87. The molecule has 1 amide bonds. The van der Waals surface area contributed by atoms with Crippen molar-refractivity contribution in [3.8, 4) is 0 Å². The molecular weight excluding hydrogens is 296 g/mol. The lowest BCUT2D eigenvalue weighted by Gasteiger charge is -2.33. The zero-order valence-corrected chi connectivity index (χ0v) is 12.8. The van der Waals surface area contributed by atoms with Gasteiger partial charge in [0.2, 0.25) is 0 Å². The molecule has 3 heterocycles. The molecule has 1 atom stereocenters. The minimum absolute atomic E-state index is 0.0111. The smallest absolute Gasteiger partial charge is 0.271 e. The number of aromatic amines is 1. The van der Waals surface area contributed by atoms with E-state index in [2.05, 4.69) is 20.4 Å². The number of nitrogens with zero attached hydrogens (tertiary/aromatic N) is 2. The summed E-state index contributed by atoms with van der Waals surface area (Å²) in [5, 5.41) is 8.89. The first-order valence-electron chi connectivity index (χ1n) is 7.85. The summed E-state index contributed by atoms with van der Waals surface area (Å²) in [6.45, 7) is 2.43. The first kappa shape index (κ1) is 15.5. The summed E-state index contributed by atoms with van der Waals surface area (Å²) in [5.41, 5.74) is -0.134. The van der Waals surface area contributed by atoms with Crippen molar-refractivity contribution >= 4 is 5.91 Å². The summed E-state index contributed by atoms with van der Waals surface area (Å²) in [5.74, 6) is 0.538. The molecule has 2 aromatic heterocycles. The maximum atomic E-state index is 12.2.